The monoisotopic (exact) mass is 435 g/mol. The van der Waals surface area contributed by atoms with Gasteiger partial charge in [0.2, 0.25) is 5.91 Å². The first-order valence-electron chi connectivity index (χ1n) is 6.69. The summed E-state index contributed by atoms with van der Waals surface area (Å²) in [6, 6.07) is 8.82. The van der Waals surface area contributed by atoms with Crippen molar-refractivity contribution in [2.45, 2.75) is 19.4 Å². The third kappa shape index (κ3) is 5.28. The van der Waals surface area contributed by atoms with Gasteiger partial charge in [-0.05, 0) is 52.2 Å². The summed E-state index contributed by atoms with van der Waals surface area (Å²) >= 11 is 21.7. The number of hydrogen-bond donors (Lipinski definition) is 1. The van der Waals surface area contributed by atoms with Crippen LogP contribution in [0.2, 0.25) is 15.1 Å². The molecule has 2 rings (SSSR count). The minimum Gasteiger partial charge on any atom is -0.486 e. The molecule has 2 aromatic carbocycles. The highest BCUT2D eigenvalue weighted by Crippen LogP contribution is 2.36. The van der Waals surface area contributed by atoms with Gasteiger partial charge in [-0.15, -0.1) is 0 Å². The summed E-state index contributed by atoms with van der Waals surface area (Å²) < 4.78 is 6.46. The van der Waals surface area contributed by atoms with Crippen LogP contribution < -0.4 is 10.5 Å². The number of aryl methyl sites for hydroxylation is 1. The summed E-state index contributed by atoms with van der Waals surface area (Å²) in [6.07, 6.45) is 0.792. The van der Waals surface area contributed by atoms with E-state index in [9.17, 15) is 4.79 Å². The topological polar surface area (TPSA) is 52.3 Å². The highest BCUT2D eigenvalue weighted by Gasteiger charge is 2.11. The number of hydrogen-bond acceptors (Lipinski definition) is 2. The third-order valence-corrected chi connectivity index (χ3v) is 4.56. The lowest BCUT2D eigenvalue weighted by Crippen LogP contribution is -2.11. The molecule has 0 aliphatic carbocycles. The normalized spacial score (nSPS) is 10.6. The van der Waals surface area contributed by atoms with Gasteiger partial charge in [0.25, 0.3) is 0 Å². The third-order valence-electron chi connectivity index (χ3n) is 3.11. The van der Waals surface area contributed by atoms with Crippen molar-refractivity contribution in [3.05, 3.63) is 61.0 Å². The zero-order valence-corrected chi connectivity index (χ0v) is 15.8. The summed E-state index contributed by atoms with van der Waals surface area (Å²) in [4.78, 5) is 10.9. The van der Waals surface area contributed by atoms with Gasteiger partial charge in [0.15, 0.2) is 5.75 Å². The molecule has 0 aromatic heterocycles. The average Bonchev–Trinajstić information content (AvgIpc) is 2.46. The zero-order valence-electron chi connectivity index (χ0n) is 11.9. The van der Waals surface area contributed by atoms with Crippen LogP contribution in [0.15, 0.2) is 34.8 Å². The molecule has 0 bridgehead atoms. The van der Waals surface area contributed by atoms with Gasteiger partial charge >= 0.3 is 0 Å². The van der Waals surface area contributed by atoms with Gasteiger partial charge in [-0.3, -0.25) is 4.79 Å². The van der Waals surface area contributed by atoms with E-state index in [4.69, 9.17) is 45.3 Å². The largest absolute Gasteiger partial charge is 0.486 e. The number of ether oxygens (including phenoxy) is 1. The number of benzene rings is 2. The molecule has 0 aliphatic rings. The maximum absolute atomic E-state index is 10.9. The lowest BCUT2D eigenvalue weighted by Gasteiger charge is -2.13. The van der Waals surface area contributed by atoms with E-state index in [-0.39, 0.29) is 18.9 Å². The number of primary amides is 1. The van der Waals surface area contributed by atoms with Crippen LogP contribution in [0.25, 0.3) is 0 Å². The number of carbonyl (C=O) groups excluding carboxylic acids is 1. The van der Waals surface area contributed by atoms with Crippen molar-refractivity contribution in [1.82, 2.24) is 0 Å². The van der Waals surface area contributed by atoms with E-state index < -0.39 is 0 Å². The Balaban J connectivity index is 2.12. The van der Waals surface area contributed by atoms with Gasteiger partial charge in [-0.1, -0.05) is 40.9 Å². The van der Waals surface area contributed by atoms with Crippen LogP contribution in [0, 0.1) is 0 Å². The summed E-state index contributed by atoms with van der Waals surface area (Å²) in [5.74, 6) is 0.162. The number of nitrogens with two attached hydrogens (primary N) is 1. The van der Waals surface area contributed by atoms with Crippen molar-refractivity contribution in [2.24, 2.45) is 5.73 Å². The number of rotatable bonds is 6. The van der Waals surface area contributed by atoms with Crippen LogP contribution in [-0.4, -0.2) is 5.91 Å². The Morgan fingerprint density at radius 3 is 2.48 bits per heavy atom. The molecule has 0 radical (unpaired) electrons. The van der Waals surface area contributed by atoms with Gasteiger partial charge in [-0.2, -0.15) is 0 Å². The number of amides is 1. The molecule has 0 saturated heterocycles. The standard InChI is InChI=1S/C16H13BrCl3NO2/c17-12-5-9(1-4-15(21)22)6-14(20)16(12)23-8-10-2-3-11(18)7-13(10)19/h2-3,5-7H,1,4,8H2,(H2,21,22). The lowest BCUT2D eigenvalue weighted by molar-refractivity contribution is -0.117. The second-order valence-electron chi connectivity index (χ2n) is 4.88. The molecule has 0 unspecified atom stereocenters. The summed E-state index contributed by atoms with van der Waals surface area (Å²) in [5.41, 5.74) is 6.86. The highest BCUT2D eigenvalue weighted by molar-refractivity contribution is 9.10. The van der Waals surface area contributed by atoms with Gasteiger partial charge in [0.1, 0.15) is 6.61 Å². The van der Waals surface area contributed by atoms with Gasteiger partial charge < -0.3 is 10.5 Å². The molecule has 122 valence electrons. The fourth-order valence-electron chi connectivity index (χ4n) is 1.95. The van der Waals surface area contributed by atoms with Crippen LogP contribution in [-0.2, 0) is 17.8 Å². The molecule has 2 N–H and O–H groups in total. The van der Waals surface area contributed by atoms with Crippen molar-refractivity contribution in [1.29, 1.82) is 0 Å². The minimum atomic E-state index is -0.352. The first-order chi connectivity index (χ1) is 10.9. The molecule has 0 heterocycles. The van der Waals surface area contributed by atoms with Gasteiger partial charge in [-0.25, -0.2) is 0 Å². The predicted molar refractivity (Wildman–Crippen MR) is 97.5 cm³/mol. The molecule has 0 saturated carbocycles. The first-order valence-corrected chi connectivity index (χ1v) is 8.62. The molecule has 1 amide bonds. The molecule has 2 aromatic rings. The smallest absolute Gasteiger partial charge is 0.217 e. The molecule has 0 aliphatic heterocycles. The Hall–Kier alpha value is -0.940. The van der Waals surface area contributed by atoms with E-state index in [2.05, 4.69) is 15.9 Å². The number of halogens is 4. The first kappa shape index (κ1) is 18.4. The van der Waals surface area contributed by atoms with E-state index >= 15 is 0 Å². The van der Waals surface area contributed by atoms with E-state index in [1.165, 1.54) is 0 Å². The van der Waals surface area contributed by atoms with Crippen molar-refractivity contribution in [3.8, 4) is 5.75 Å². The van der Waals surface area contributed by atoms with E-state index in [1.807, 2.05) is 6.07 Å². The summed E-state index contributed by atoms with van der Waals surface area (Å²) in [5, 5.41) is 1.54. The lowest BCUT2D eigenvalue weighted by atomic mass is 10.1. The Kier molecular flexibility index (Phi) is 6.60. The van der Waals surface area contributed by atoms with Gasteiger partial charge in [0, 0.05) is 22.0 Å². The molecule has 0 atom stereocenters. The van der Waals surface area contributed by atoms with E-state index in [0.29, 0.717) is 31.7 Å². The number of carbonyl (C=O) groups is 1. The maximum Gasteiger partial charge on any atom is 0.217 e. The molecule has 7 heteroatoms. The van der Waals surface area contributed by atoms with Crippen LogP contribution in [0.3, 0.4) is 0 Å². The second-order valence-corrected chi connectivity index (χ2v) is 6.98. The fraction of sp³-hybridized carbons (Fsp3) is 0.188. The molecular formula is C16H13BrCl3NO2. The SMILES string of the molecule is NC(=O)CCc1cc(Cl)c(OCc2ccc(Cl)cc2Cl)c(Br)c1. The summed E-state index contributed by atoms with van der Waals surface area (Å²) in [6.45, 7) is 0.259. The molecular weight excluding hydrogens is 424 g/mol. The van der Waals surface area contributed by atoms with Gasteiger partial charge in [0.05, 0.1) is 9.50 Å². The highest BCUT2D eigenvalue weighted by atomic mass is 79.9. The average molecular weight is 438 g/mol. The summed E-state index contributed by atoms with van der Waals surface area (Å²) in [7, 11) is 0. The van der Waals surface area contributed by atoms with E-state index in [1.54, 1.807) is 24.3 Å². The maximum atomic E-state index is 10.9. The predicted octanol–water partition coefficient (Wildman–Crippen LogP) is 5.41. The second kappa shape index (κ2) is 8.25. The molecule has 23 heavy (non-hydrogen) atoms. The van der Waals surface area contributed by atoms with E-state index in [0.717, 1.165) is 11.1 Å². The van der Waals surface area contributed by atoms with Crippen LogP contribution in [0.5, 0.6) is 5.75 Å². The van der Waals surface area contributed by atoms with Crippen molar-refractivity contribution < 1.29 is 9.53 Å². The Morgan fingerprint density at radius 2 is 1.87 bits per heavy atom. The van der Waals surface area contributed by atoms with Crippen LogP contribution in [0.1, 0.15) is 17.5 Å². The van der Waals surface area contributed by atoms with Crippen molar-refractivity contribution in [2.75, 3.05) is 0 Å². The molecule has 0 spiro atoms. The van der Waals surface area contributed by atoms with Crippen LogP contribution >= 0.6 is 50.7 Å². The minimum absolute atomic E-state index is 0.259. The fourth-order valence-corrected chi connectivity index (χ4v) is 3.45. The Labute approximate surface area is 157 Å². The molecule has 0 fully saturated rings. The van der Waals surface area contributed by atoms with Crippen molar-refractivity contribution >= 4 is 56.6 Å². The van der Waals surface area contributed by atoms with Crippen LogP contribution in [0.4, 0.5) is 0 Å². The van der Waals surface area contributed by atoms with Crippen molar-refractivity contribution in [3.63, 3.8) is 0 Å². The Bertz CT molecular complexity index is 714. The Morgan fingerprint density at radius 1 is 1.13 bits per heavy atom. The molecule has 3 nitrogen and oxygen atoms in total. The zero-order chi connectivity index (χ0) is 17.0. The quantitative estimate of drug-likeness (QED) is 0.657.